The van der Waals surface area contributed by atoms with E-state index in [4.69, 9.17) is 0 Å². The van der Waals surface area contributed by atoms with Crippen LogP contribution in [0.5, 0.6) is 0 Å². The van der Waals surface area contributed by atoms with Gasteiger partial charge in [-0.05, 0) is 19.3 Å². The third-order valence-corrected chi connectivity index (χ3v) is 2.78. The largest absolute Gasteiger partial charge is 0.468 e. The molecular weight excluding hydrogens is 237 g/mol. The Morgan fingerprint density at radius 1 is 1.47 bits per heavy atom. The van der Waals surface area contributed by atoms with Gasteiger partial charge in [0.15, 0.2) is 5.69 Å². The maximum atomic E-state index is 12.7. The van der Waals surface area contributed by atoms with Crippen LogP contribution in [0, 0.1) is 0 Å². The summed E-state index contributed by atoms with van der Waals surface area (Å²) in [6.07, 6.45) is -2.91. The minimum absolute atomic E-state index is 0.224. The maximum absolute atomic E-state index is 12.7. The summed E-state index contributed by atoms with van der Waals surface area (Å²) in [7, 11) is 1.19. The molecule has 0 N–H and O–H groups in total. The summed E-state index contributed by atoms with van der Waals surface area (Å²) < 4.78 is 43.6. The number of nitrogens with zero attached hydrogens (tertiary/aromatic N) is 2. The average Bonchev–Trinajstić information content (AvgIpc) is 2.79. The van der Waals surface area contributed by atoms with E-state index in [1.807, 2.05) is 0 Å². The fourth-order valence-electron chi connectivity index (χ4n) is 2.05. The summed E-state index contributed by atoms with van der Waals surface area (Å²) in [5, 5.41) is 3.48. The third kappa shape index (κ3) is 2.13. The van der Waals surface area contributed by atoms with E-state index < -0.39 is 17.8 Å². The number of hydrogen-bond donors (Lipinski definition) is 0. The van der Waals surface area contributed by atoms with Gasteiger partial charge in [0.1, 0.15) is 6.54 Å². The highest BCUT2D eigenvalue weighted by atomic mass is 19.4. The minimum Gasteiger partial charge on any atom is -0.468 e. The lowest BCUT2D eigenvalue weighted by molar-refractivity contribution is -0.144. The van der Waals surface area contributed by atoms with E-state index in [-0.39, 0.29) is 12.1 Å². The first-order valence-electron chi connectivity index (χ1n) is 5.16. The van der Waals surface area contributed by atoms with Gasteiger partial charge in [-0.3, -0.25) is 9.48 Å². The van der Waals surface area contributed by atoms with Gasteiger partial charge in [0, 0.05) is 11.3 Å². The zero-order valence-electron chi connectivity index (χ0n) is 9.17. The van der Waals surface area contributed by atoms with Crippen LogP contribution < -0.4 is 0 Å². The van der Waals surface area contributed by atoms with Crippen molar-refractivity contribution in [2.24, 2.45) is 0 Å². The van der Waals surface area contributed by atoms with Crippen molar-refractivity contribution >= 4 is 5.97 Å². The number of alkyl halides is 3. The standard InChI is InChI=1S/C10H11F3N2O2/c1-17-8(16)5-15-7-4-2-3-6(7)9(14-15)10(11,12)13/h2-5H2,1H3. The summed E-state index contributed by atoms with van der Waals surface area (Å²) in [6, 6.07) is 0. The van der Waals surface area contributed by atoms with Gasteiger partial charge in [-0.25, -0.2) is 0 Å². The Labute approximate surface area is 95.4 Å². The molecule has 1 aliphatic rings. The lowest BCUT2D eigenvalue weighted by Crippen LogP contribution is -2.16. The lowest BCUT2D eigenvalue weighted by atomic mass is 10.2. The number of halogens is 3. The van der Waals surface area contributed by atoms with Crippen LogP contribution in [0.4, 0.5) is 13.2 Å². The summed E-state index contributed by atoms with van der Waals surface area (Å²) in [6.45, 7) is -0.269. The van der Waals surface area contributed by atoms with E-state index >= 15 is 0 Å². The Morgan fingerprint density at radius 2 is 2.18 bits per heavy atom. The number of fused-ring (bicyclic) bond motifs is 1. The number of carbonyl (C=O) groups is 1. The number of esters is 1. The van der Waals surface area contributed by atoms with Crippen LogP contribution >= 0.6 is 0 Å². The van der Waals surface area contributed by atoms with E-state index in [2.05, 4.69) is 9.84 Å². The predicted octanol–water partition coefficient (Wildman–Crippen LogP) is 1.56. The highest BCUT2D eigenvalue weighted by Gasteiger charge is 2.40. The molecule has 0 unspecified atom stereocenters. The molecule has 1 aromatic rings. The monoisotopic (exact) mass is 248 g/mol. The molecule has 0 spiro atoms. The van der Waals surface area contributed by atoms with Crippen molar-refractivity contribution in [2.75, 3.05) is 7.11 Å². The van der Waals surface area contributed by atoms with Crippen molar-refractivity contribution in [3.63, 3.8) is 0 Å². The number of carbonyl (C=O) groups excluding carboxylic acids is 1. The van der Waals surface area contributed by atoms with Gasteiger partial charge >= 0.3 is 12.1 Å². The first-order valence-corrected chi connectivity index (χ1v) is 5.16. The number of ether oxygens (including phenoxy) is 1. The van der Waals surface area contributed by atoms with Gasteiger partial charge in [0.25, 0.3) is 0 Å². The van der Waals surface area contributed by atoms with E-state index in [1.54, 1.807) is 0 Å². The second-order valence-electron chi connectivity index (χ2n) is 3.86. The molecular formula is C10H11F3N2O2. The van der Waals surface area contributed by atoms with Crippen LogP contribution in [-0.4, -0.2) is 22.9 Å². The van der Waals surface area contributed by atoms with Crippen molar-refractivity contribution < 1.29 is 22.7 Å². The molecule has 4 nitrogen and oxygen atoms in total. The molecule has 94 valence electrons. The zero-order valence-corrected chi connectivity index (χ0v) is 9.17. The number of rotatable bonds is 2. The molecule has 0 saturated carbocycles. The second kappa shape index (κ2) is 4.05. The van der Waals surface area contributed by atoms with E-state index in [1.165, 1.54) is 7.11 Å². The van der Waals surface area contributed by atoms with Crippen molar-refractivity contribution in [3.05, 3.63) is 17.0 Å². The number of hydrogen-bond acceptors (Lipinski definition) is 3. The molecule has 0 fully saturated rings. The topological polar surface area (TPSA) is 44.1 Å². The maximum Gasteiger partial charge on any atom is 0.435 e. The van der Waals surface area contributed by atoms with E-state index in [9.17, 15) is 18.0 Å². The highest BCUT2D eigenvalue weighted by Crippen LogP contribution is 2.36. The van der Waals surface area contributed by atoms with Crippen LogP contribution in [0.15, 0.2) is 0 Å². The molecule has 0 bridgehead atoms. The third-order valence-electron chi connectivity index (χ3n) is 2.78. The zero-order chi connectivity index (χ0) is 12.6. The first kappa shape index (κ1) is 11.9. The van der Waals surface area contributed by atoms with Gasteiger partial charge < -0.3 is 4.74 Å². The Bertz CT molecular complexity index is 451. The molecule has 0 aromatic carbocycles. The van der Waals surface area contributed by atoms with Gasteiger partial charge in [-0.2, -0.15) is 18.3 Å². The van der Waals surface area contributed by atoms with Gasteiger partial charge in [0.2, 0.25) is 0 Å². The minimum atomic E-state index is -4.46. The SMILES string of the molecule is COC(=O)Cn1nc(C(F)(F)F)c2c1CCC2. The fraction of sp³-hybridized carbons (Fsp3) is 0.600. The van der Waals surface area contributed by atoms with Gasteiger partial charge in [-0.15, -0.1) is 0 Å². The molecule has 2 rings (SSSR count). The quantitative estimate of drug-likeness (QED) is 0.746. The van der Waals surface area contributed by atoms with Crippen LogP contribution in [0.25, 0.3) is 0 Å². The Morgan fingerprint density at radius 3 is 2.76 bits per heavy atom. The highest BCUT2D eigenvalue weighted by molar-refractivity contribution is 5.69. The lowest BCUT2D eigenvalue weighted by Gasteiger charge is -2.04. The van der Waals surface area contributed by atoms with Crippen LogP contribution in [0.3, 0.4) is 0 Å². The van der Waals surface area contributed by atoms with E-state index in [0.717, 1.165) is 4.68 Å². The Hall–Kier alpha value is -1.53. The summed E-state index contributed by atoms with van der Waals surface area (Å²) in [5.41, 5.74) is -0.141. The molecule has 0 amide bonds. The van der Waals surface area contributed by atoms with Gasteiger partial charge in [0.05, 0.1) is 7.11 Å². The Kier molecular flexibility index (Phi) is 2.84. The summed E-state index contributed by atoms with van der Waals surface area (Å²) in [5.74, 6) is -0.601. The molecule has 0 atom stereocenters. The van der Waals surface area contributed by atoms with Crippen LogP contribution in [-0.2, 0) is 35.1 Å². The first-order chi connectivity index (χ1) is 7.93. The fourth-order valence-corrected chi connectivity index (χ4v) is 2.05. The number of methoxy groups -OCH3 is 1. The predicted molar refractivity (Wildman–Crippen MR) is 51.3 cm³/mol. The molecule has 0 saturated heterocycles. The van der Waals surface area contributed by atoms with Crippen LogP contribution in [0.1, 0.15) is 23.4 Å². The molecule has 1 heterocycles. The molecule has 1 aromatic heterocycles. The molecule has 0 aliphatic heterocycles. The van der Waals surface area contributed by atoms with Crippen molar-refractivity contribution in [1.29, 1.82) is 0 Å². The van der Waals surface area contributed by atoms with E-state index in [0.29, 0.717) is 25.0 Å². The van der Waals surface area contributed by atoms with Crippen molar-refractivity contribution in [1.82, 2.24) is 9.78 Å². The summed E-state index contributed by atoms with van der Waals surface area (Å²) >= 11 is 0. The molecule has 0 radical (unpaired) electrons. The van der Waals surface area contributed by atoms with Crippen LogP contribution in [0.2, 0.25) is 0 Å². The number of aromatic nitrogens is 2. The smallest absolute Gasteiger partial charge is 0.435 e. The average molecular weight is 248 g/mol. The molecule has 17 heavy (non-hydrogen) atoms. The van der Waals surface area contributed by atoms with Crippen molar-refractivity contribution in [3.8, 4) is 0 Å². The molecule has 1 aliphatic carbocycles. The normalized spacial score (nSPS) is 14.8. The molecule has 7 heteroatoms. The summed E-state index contributed by atoms with van der Waals surface area (Å²) in [4.78, 5) is 11.1. The van der Waals surface area contributed by atoms with Gasteiger partial charge in [-0.1, -0.05) is 0 Å². The second-order valence-corrected chi connectivity index (χ2v) is 3.86. The Balaban J connectivity index is 2.38. The van der Waals surface area contributed by atoms with Crippen molar-refractivity contribution in [2.45, 2.75) is 32.0 Å².